The third-order valence-corrected chi connectivity index (χ3v) is 2.55. The van der Waals surface area contributed by atoms with Gasteiger partial charge in [0.05, 0.1) is 13.4 Å². The Balaban J connectivity index is 3.00. The Morgan fingerprint density at radius 1 is 1.42 bits per heavy atom. The first-order chi connectivity index (χ1) is 5.75. The van der Waals surface area contributed by atoms with E-state index in [-0.39, 0.29) is 0 Å². The minimum atomic E-state index is 1.13. The summed E-state index contributed by atoms with van der Waals surface area (Å²) >= 11 is 3.46. The summed E-state index contributed by atoms with van der Waals surface area (Å²) in [7, 11) is 1.64. The fourth-order valence-corrected chi connectivity index (χ4v) is 1.33. The van der Waals surface area contributed by atoms with Crippen LogP contribution < -0.4 is 0 Å². The molecule has 1 aromatic carbocycles. The van der Waals surface area contributed by atoms with Crippen LogP contribution in [-0.2, 0) is 4.74 Å². The van der Waals surface area contributed by atoms with Crippen LogP contribution >= 0.6 is 15.9 Å². The van der Waals surface area contributed by atoms with Crippen molar-refractivity contribution in [1.29, 1.82) is 0 Å². The van der Waals surface area contributed by atoms with E-state index in [9.17, 15) is 0 Å². The molecular weight excluding hydrogens is 216 g/mol. The molecule has 0 aliphatic heterocycles. The van der Waals surface area contributed by atoms with E-state index in [2.05, 4.69) is 28.9 Å². The van der Waals surface area contributed by atoms with Gasteiger partial charge in [-0.1, -0.05) is 28.1 Å². The first-order valence-corrected chi connectivity index (χ1v) is 4.49. The maximum absolute atomic E-state index is 4.84. The van der Waals surface area contributed by atoms with Gasteiger partial charge < -0.3 is 4.74 Å². The van der Waals surface area contributed by atoms with Crippen LogP contribution in [0.2, 0.25) is 0 Å². The monoisotopic (exact) mass is 226 g/mol. The number of halogens is 1. The van der Waals surface area contributed by atoms with Crippen molar-refractivity contribution in [2.24, 2.45) is 0 Å². The highest BCUT2D eigenvalue weighted by molar-refractivity contribution is 9.10. The molecule has 0 N–H and O–H groups in total. The Morgan fingerprint density at radius 2 is 2.17 bits per heavy atom. The summed E-state index contributed by atoms with van der Waals surface area (Å²) in [5.74, 6) is 0. The van der Waals surface area contributed by atoms with Gasteiger partial charge in [0.15, 0.2) is 0 Å². The molecule has 0 saturated heterocycles. The molecule has 0 radical (unpaired) electrons. The number of hydrogen-bond acceptors (Lipinski definition) is 1. The normalized spacial score (nSPS) is 10.6. The Bertz CT molecular complexity index is 292. The minimum absolute atomic E-state index is 1.13. The molecule has 0 bridgehead atoms. The van der Waals surface area contributed by atoms with Crippen molar-refractivity contribution in [3.05, 3.63) is 40.1 Å². The van der Waals surface area contributed by atoms with Crippen molar-refractivity contribution in [2.45, 2.75) is 6.92 Å². The summed E-state index contributed by atoms with van der Waals surface area (Å²) in [5.41, 5.74) is 2.40. The highest BCUT2D eigenvalue weighted by atomic mass is 79.9. The molecule has 2 heteroatoms. The van der Waals surface area contributed by atoms with Gasteiger partial charge in [-0.25, -0.2) is 0 Å². The van der Waals surface area contributed by atoms with Crippen LogP contribution in [0.25, 0.3) is 6.08 Å². The summed E-state index contributed by atoms with van der Waals surface area (Å²) in [5, 5.41) is 0. The molecule has 64 valence electrons. The lowest BCUT2D eigenvalue weighted by molar-refractivity contribution is 0.341. The smallest absolute Gasteiger partial charge is 0.0830 e. The van der Waals surface area contributed by atoms with Crippen LogP contribution in [0, 0.1) is 6.92 Å². The molecule has 1 nitrogen and oxygen atoms in total. The molecule has 0 unspecified atom stereocenters. The first kappa shape index (κ1) is 9.33. The van der Waals surface area contributed by atoms with Gasteiger partial charge in [0.2, 0.25) is 0 Å². The lowest BCUT2D eigenvalue weighted by Crippen LogP contribution is -1.81. The van der Waals surface area contributed by atoms with Gasteiger partial charge in [-0.3, -0.25) is 0 Å². The van der Waals surface area contributed by atoms with Gasteiger partial charge in [-0.05, 0) is 30.2 Å². The third-order valence-electron chi connectivity index (χ3n) is 1.69. The van der Waals surface area contributed by atoms with E-state index < -0.39 is 0 Å². The second-order valence-corrected chi connectivity index (χ2v) is 3.35. The molecule has 0 atom stereocenters. The summed E-state index contributed by atoms with van der Waals surface area (Å²) in [6.07, 6.45) is 3.62. The van der Waals surface area contributed by atoms with E-state index in [1.54, 1.807) is 13.4 Å². The average Bonchev–Trinajstić information content (AvgIpc) is 2.08. The molecule has 12 heavy (non-hydrogen) atoms. The Labute approximate surface area is 81.2 Å². The molecule has 1 rings (SSSR count). The molecular formula is C10H11BrO. The second-order valence-electron chi connectivity index (χ2n) is 2.49. The van der Waals surface area contributed by atoms with Crippen molar-refractivity contribution in [2.75, 3.05) is 7.11 Å². The van der Waals surface area contributed by atoms with Gasteiger partial charge in [0.1, 0.15) is 0 Å². The van der Waals surface area contributed by atoms with Gasteiger partial charge in [0, 0.05) is 4.47 Å². The van der Waals surface area contributed by atoms with Crippen LogP contribution in [0.3, 0.4) is 0 Å². The first-order valence-electron chi connectivity index (χ1n) is 3.70. The average molecular weight is 227 g/mol. The number of ether oxygens (including phenoxy) is 1. The van der Waals surface area contributed by atoms with Crippen molar-refractivity contribution >= 4 is 22.0 Å². The maximum atomic E-state index is 4.84. The van der Waals surface area contributed by atoms with Gasteiger partial charge in [0.25, 0.3) is 0 Å². The van der Waals surface area contributed by atoms with E-state index in [1.165, 1.54) is 11.1 Å². The van der Waals surface area contributed by atoms with Crippen molar-refractivity contribution in [1.82, 2.24) is 0 Å². The van der Waals surface area contributed by atoms with Crippen LogP contribution in [0.5, 0.6) is 0 Å². The predicted octanol–water partition coefficient (Wildman–Crippen LogP) is 3.37. The quantitative estimate of drug-likeness (QED) is 0.703. The number of benzene rings is 1. The third kappa shape index (κ3) is 2.11. The lowest BCUT2D eigenvalue weighted by atomic mass is 10.1. The number of hydrogen-bond donors (Lipinski definition) is 0. The molecule has 0 amide bonds. The number of methoxy groups -OCH3 is 1. The standard InChI is InChI=1S/C10H11BrO/c1-8-9(6-7-12-2)4-3-5-10(8)11/h3-7H,1-2H3. The second kappa shape index (κ2) is 4.31. The topological polar surface area (TPSA) is 9.23 Å². The zero-order valence-corrected chi connectivity index (χ0v) is 8.76. The van der Waals surface area contributed by atoms with E-state index in [0.717, 1.165) is 4.47 Å². The van der Waals surface area contributed by atoms with Crippen LogP contribution in [0.15, 0.2) is 28.9 Å². The zero-order chi connectivity index (χ0) is 8.97. The Kier molecular flexibility index (Phi) is 3.35. The lowest BCUT2D eigenvalue weighted by Gasteiger charge is -2.01. The molecule has 0 aliphatic rings. The summed E-state index contributed by atoms with van der Waals surface area (Å²) in [6, 6.07) is 6.08. The highest BCUT2D eigenvalue weighted by Gasteiger charge is 1.96. The molecule has 0 aliphatic carbocycles. The summed E-state index contributed by atoms with van der Waals surface area (Å²) < 4.78 is 5.97. The molecule has 0 fully saturated rings. The molecule has 0 aromatic heterocycles. The van der Waals surface area contributed by atoms with Gasteiger partial charge in [-0.2, -0.15) is 0 Å². The van der Waals surface area contributed by atoms with Crippen LogP contribution in [0.4, 0.5) is 0 Å². The zero-order valence-electron chi connectivity index (χ0n) is 7.17. The summed E-state index contributed by atoms with van der Waals surface area (Å²) in [6.45, 7) is 2.07. The molecule has 0 spiro atoms. The Hall–Kier alpha value is -0.760. The predicted molar refractivity (Wildman–Crippen MR) is 54.9 cm³/mol. The molecule has 1 aromatic rings. The largest absolute Gasteiger partial charge is 0.504 e. The Morgan fingerprint density at radius 3 is 2.83 bits per heavy atom. The van der Waals surface area contributed by atoms with Crippen molar-refractivity contribution in [3.8, 4) is 0 Å². The number of rotatable bonds is 2. The van der Waals surface area contributed by atoms with Crippen molar-refractivity contribution < 1.29 is 4.74 Å². The highest BCUT2D eigenvalue weighted by Crippen LogP contribution is 2.20. The molecule has 0 saturated carbocycles. The van der Waals surface area contributed by atoms with Crippen molar-refractivity contribution in [3.63, 3.8) is 0 Å². The fourth-order valence-electron chi connectivity index (χ4n) is 0.946. The molecule has 0 heterocycles. The van der Waals surface area contributed by atoms with E-state index >= 15 is 0 Å². The van der Waals surface area contributed by atoms with E-state index in [4.69, 9.17) is 4.74 Å². The maximum Gasteiger partial charge on any atom is 0.0830 e. The van der Waals surface area contributed by atoms with Gasteiger partial charge in [-0.15, -0.1) is 0 Å². The fraction of sp³-hybridized carbons (Fsp3) is 0.200. The van der Waals surface area contributed by atoms with Gasteiger partial charge >= 0.3 is 0 Å². The SMILES string of the molecule is COC=Cc1cccc(Br)c1C. The summed E-state index contributed by atoms with van der Waals surface area (Å²) in [4.78, 5) is 0. The van der Waals surface area contributed by atoms with E-state index in [1.807, 2.05) is 18.2 Å². The van der Waals surface area contributed by atoms with E-state index in [0.29, 0.717) is 0 Å². The van der Waals surface area contributed by atoms with Crippen LogP contribution in [0.1, 0.15) is 11.1 Å². The minimum Gasteiger partial charge on any atom is -0.504 e. The van der Waals surface area contributed by atoms with Crippen LogP contribution in [-0.4, -0.2) is 7.11 Å².